The number of hydrogen-bond acceptors (Lipinski definition) is 6. The Morgan fingerprint density at radius 2 is 1.83 bits per heavy atom. The minimum absolute atomic E-state index is 0.0255. The summed E-state index contributed by atoms with van der Waals surface area (Å²) in [6.45, 7) is 4.26. The van der Waals surface area contributed by atoms with Crippen LogP contribution in [0.5, 0.6) is 5.75 Å². The molecule has 0 unspecified atom stereocenters. The molecule has 13 heteroatoms. The van der Waals surface area contributed by atoms with E-state index >= 15 is 0 Å². The van der Waals surface area contributed by atoms with Gasteiger partial charge in [-0.2, -0.15) is 5.10 Å². The molecule has 0 saturated heterocycles. The smallest absolute Gasteiger partial charge is 0.277 e. The molecule has 0 aliphatic carbocycles. The number of amides is 1. The third-order valence-electron chi connectivity index (χ3n) is 6.99. The van der Waals surface area contributed by atoms with E-state index in [4.69, 9.17) is 16.3 Å². The minimum atomic E-state index is -1.08. The highest BCUT2D eigenvalue weighted by Crippen LogP contribution is 2.30. The molecule has 0 fully saturated rings. The van der Waals surface area contributed by atoms with E-state index in [0.717, 1.165) is 31.0 Å². The number of carbonyl (C=O) groups is 1. The number of aromatic nitrogens is 5. The Kier molecular flexibility index (Phi) is 8.09. The van der Waals surface area contributed by atoms with Crippen LogP contribution in [0, 0.1) is 17.5 Å². The van der Waals surface area contributed by atoms with Gasteiger partial charge in [-0.1, -0.05) is 18.0 Å². The molecule has 4 aromatic heterocycles. The van der Waals surface area contributed by atoms with Gasteiger partial charge in [-0.25, -0.2) is 22.8 Å². The molecule has 0 radical (unpaired) electrons. The van der Waals surface area contributed by atoms with Crippen molar-refractivity contribution in [2.24, 2.45) is 0 Å². The predicted octanol–water partition coefficient (Wildman–Crippen LogP) is 5.10. The summed E-state index contributed by atoms with van der Waals surface area (Å²) < 4.78 is 50.8. The van der Waals surface area contributed by atoms with Crippen LogP contribution >= 0.6 is 11.6 Å². The van der Waals surface area contributed by atoms with E-state index in [1.54, 1.807) is 32.2 Å². The number of nitrogens with zero attached hydrogens (tertiary/aromatic N) is 5. The second-order valence-electron chi connectivity index (χ2n) is 10.6. The van der Waals surface area contributed by atoms with Crippen molar-refractivity contribution in [3.63, 3.8) is 0 Å². The normalized spacial score (nSPS) is 13.4. The first-order chi connectivity index (χ1) is 19.9. The Morgan fingerprint density at radius 1 is 1.07 bits per heavy atom. The molecule has 1 N–H and O–H groups in total. The van der Waals surface area contributed by atoms with Crippen molar-refractivity contribution in [1.82, 2.24) is 29.6 Å². The van der Waals surface area contributed by atoms with Crippen LogP contribution < -0.4 is 15.6 Å². The average molecular weight is 601 g/mol. The summed E-state index contributed by atoms with van der Waals surface area (Å²) in [4.78, 5) is 33.6. The first-order valence-corrected chi connectivity index (χ1v) is 13.7. The summed E-state index contributed by atoms with van der Waals surface area (Å²) in [6.07, 6.45) is 7.38. The van der Waals surface area contributed by atoms with Gasteiger partial charge in [0, 0.05) is 37.0 Å². The van der Waals surface area contributed by atoms with Crippen molar-refractivity contribution in [3.8, 4) is 17.3 Å². The van der Waals surface area contributed by atoms with Gasteiger partial charge in [0.25, 0.3) is 5.56 Å². The molecule has 4 aromatic rings. The molecule has 9 nitrogen and oxygen atoms in total. The number of rotatable bonds is 6. The molecule has 1 aliphatic rings. The van der Waals surface area contributed by atoms with Crippen molar-refractivity contribution in [3.05, 3.63) is 92.3 Å². The third kappa shape index (κ3) is 5.89. The van der Waals surface area contributed by atoms with Crippen molar-refractivity contribution >= 4 is 17.5 Å². The van der Waals surface area contributed by atoms with E-state index in [1.165, 1.54) is 22.4 Å². The van der Waals surface area contributed by atoms with Gasteiger partial charge in [0.2, 0.25) is 5.91 Å². The van der Waals surface area contributed by atoms with Gasteiger partial charge in [0.15, 0.2) is 17.5 Å². The number of aryl methyl sites for hydroxylation is 2. The van der Waals surface area contributed by atoms with E-state index in [0.29, 0.717) is 30.3 Å². The molecule has 0 atom stereocenters. The van der Waals surface area contributed by atoms with E-state index in [2.05, 4.69) is 20.4 Å². The minimum Gasteiger partial charge on any atom is -0.485 e. The molecule has 1 amide bonds. The molecule has 1 aliphatic heterocycles. The molecule has 5 heterocycles. The average Bonchev–Trinajstić information content (AvgIpc) is 3.35. The lowest BCUT2D eigenvalue weighted by Crippen LogP contribution is -2.40. The van der Waals surface area contributed by atoms with Crippen LogP contribution in [0.25, 0.3) is 11.5 Å². The molecular formula is C29H28ClF3N6O3. The summed E-state index contributed by atoms with van der Waals surface area (Å²) in [5.41, 5.74) is 0.158. The van der Waals surface area contributed by atoms with E-state index in [9.17, 15) is 22.8 Å². The van der Waals surface area contributed by atoms with Crippen LogP contribution in [0.2, 0.25) is 5.02 Å². The first kappa shape index (κ1) is 29.3. The number of pyridine rings is 3. The molecule has 220 valence electrons. The molecule has 5 rings (SSSR count). The summed E-state index contributed by atoms with van der Waals surface area (Å²) in [5.74, 6) is -2.36. The highest BCUT2D eigenvalue weighted by Gasteiger charge is 2.29. The summed E-state index contributed by atoms with van der Waals surface area (Å²) in [6, 6.07) is 3.97. The first-order valence-electron chi connectivity index (χ1n) is 13.4. The fourth-order valence-corrected chi connectivity index (χ4v) is 5.24. The van der Waals surface area contributed by atoms with Crippen molar-refractivity contribution < 1.29 is 22.7 Å². The monoisotopic (exact) mass is 600 g/mol. The Labute approximate surface area is 244 Å². The zero-order chi connectivity index (χ0) is 30.2. The second kappa shape index (κ2) is 11.6. The molecule has 0 bridgehead atoms. The summed E-state index contributed by atoms with van der Waals surface area (Å²) in [5, 5.41) is 6.82. The van der Waals surface area contributed by atoms with E-state index in [1.807, 2.05) is 0 Å². The zero-order valence-corrected chi connectivity index (χ0v) is 23.9. The Bertz CT molecular complexity index is 1740. The molecule has 0 aromatic carbocycles. The maximum Gasteiger partial charge on any atom is 0.277 e. The van der Waals surface area contributed by atoms with Gasteiger partial charge in [-0.3, -0.25) is 19.1 Å². The lowest BCUT2D eigenvalue weighted by Gasteiger charge is -2.23. The Morgan fingerprint density at radius 3 is 2.57 bits per heavy atom. The van der Waals surface area contributed by atoms with Crippen LogP contribution in [0.4, 0.5) is 13.2 Å². The molecule has 0 saturated carbocycles. The molecule has 0 spiro atoms. The fraction of sp³-hybridized carbons (Fsp3) is 0.345. The maximum absolute atomic E-state index is 15.0. The second-order valence-corrected chi connectivity index (χ2v) is 11.0. The van der Waals surface area contributed by atoms with Crippen LogP contribution in [-0.2, 0) is 29.8 Å². The largest absolute Gasteiger partial charge is 0.485 e. The Hall–Kier alpha value is -4.19. The predicted molar refractivity (Wildman–Crippen MR) is 149 cm³/mol. The lowest BCUT2D eigenvalue weighted by molar-refractivity contribution is -0.120. The van der Waals surface area contributed by atoms with Gasteiger partial charge >= 0.3 is 0 Å². The zero-order valence-electron chi connectivity index (χ0n) is 23.2. The van der Waals surface area contributed by atoms with E-state index in [-0.39, 0.29) is 40.5 Å². The van der Waals surface area contributed by atoms with Gasteiger partial charge in [-0.15, -0.1) is 0 Å². The number of halogens is 4. The van der Waals surface area contributed by atoms with Gasteiger partial charge in [0.1, 0.15) is 34.6 Å². The van der Waals surface area contributed by atoms with Crippen molar-refractivity contribution in [2.75, 3.05) is 0 Å². The number of ether oxygens (including phenoxy) is 1. The lowest BCUT2D eigenvalue weighted by atomic mass is 10.0. The number of hydrogen-bond donors (Lipinski definition) is 1. The van der Waals surface area contributed by atoms with Gasteiger partial charge in [-0.05, 0) is 45.1 Å². The summed E-state index contributed by atoms with van der Waals surface area (Å²) in [7, 11) is 0. The van der Waals surface area contributed by atoms with Gasteiger partial charge in [0.05, 0.1) is 23.6 Å². The van der Waals surface area contributed by atoms with Crippen LogP contribution in [0.1, 0.15) is 62.7 Å². The number of nitrogens with one attached hydrogen (secondary N) is 1. The fourth-order valence-electron chi connectivity index (χ4n) is 5.04. The Balaban J connectivity index is 1.57. The SMILES string of the molecule is CC(=O)NC(C)(C)c1nn(-c2cc3c(cn2)CCCCCc2cc(OCc4ncc(F)cc4F)c(Cl)c(=O)n2-3)cc1F. The van der Waals surface area contributed by atoms with E-state index < -0.39 is 28.5 Å². The molecule has 42 heavy (non-hydrogen) atoms. The van der Waals surface area contributed by atoms with Crippen molar-refractivity contribution in [1.29, 1.82) is 0 Å². The quantitative estimate of drug-likeness (QED) is 0.330. The third-order valence-corrected chi connectivity index (χ3v) is 7.34. The standard InChI is InChI=1S/C29H28ClF3N6O3/c1-16(40)36-29(2,3)27-21(33)14-38(37-27)25-11-23-17(12-35-25)7-5-4-6-8-19-10-24(26(30)28(41)39(19)23)42-15-22-20(32)9-18(31)13-34-22/h9-14H,4-8,15H2,1-3H3,(H,36,40). The molecular weight excluding hydrogens is 573 g/mol. The van der Waals surface area contributed by atoms with Crippen molar-refractivity contribution in [2.45, 2.75) is 65.0 Å². The highest BCUT2D eigenvalue weighted by molar-refractivity contribution is 6.31. The van der Waals surface area contributed by atoms with Crippen LogP contribution in [0.15, 0.2) is 41.6 Å². The number of fused-ring (bicyclic) bond motifs is 3. The van der Waals surface area contributed by atoms with Crippen LogP contribution in [0.3, 0.4) is 0 Å². The van der Waals surface area contributed by atoms with Gasteiger partial charge < -0.3 is 10.1 Å². The maximum atomic E-state index is 15.0. The highest BCUT2D eigenvalue weighted by atomic mass is 35.5. The number of carbonyl (C=O) groups excluding carboxylic acids is 1. The summed E-state index contributed by atoms with van der Waals surface area (Å²) >= 11 is 6.49. The van der Waals surface area contributed by atoms with Crippen LogP contribution in [-0.4, -0.2) is 30.2 Å². The topological polar surface area (TPSA) is 104 Å².